The van der Waals surface area contributed by atoms with E-state index in [1.54, 1.807) is 12.0 Å². The Hall–Kier alpha value is -2.08. The van der Waals surface area contributed by atoms with Crippen LogP contribution in [0.2, 0.25) is 0 Å². The van der Waals surface area contributed by atoms with Gasteiger partial charge in [-0.2, -0.15) is 0 Å². The van der Waals surface area contributed by atoms with E-state index in [4.69, 9.17) is 9.47 Å². The number of hydrogen-bond acceptors (Lipinski definition) is 5. The second-order valence-electron chi connectivity index (χ2n) is 4.21. The number of imide groups is 1. The summed E-state index contributed by atoms with van der Waals surface area (Å²) in [6.45, 7) is 1.42. The van der Waals surface area contributed by atoms with Crippen molar-refractivity contribution in [2.45, 2.75) is 0 Å². The van der Waals surface area contributed by atoms with Crippen LogP contribution in [0.25, 0.3) is 0 Å². The van der Waals surface area contributed by atoms with Crippen LogP contribution in [0.3, 0.4) is 0 Å². The number of nitrogens with one attached hydrogen (secondary N) is 1. The molecule has 0 atom stereocenters. The molecular weight excluding hydrogens is 248 g/mol. The number of benzene rings is 1. The number of piperazine rings is 1. The third-order valence-corrected chi connectivity index (χ3v) is 2.75. The normalized spacial score (nSPS) is 16.1. The Bertz CT molecular complexity index is 442. The molecule has 0 spiro atoms. The van der Waals surface area contributed by atoms with Crippen molar-refractivity contribution in [3.8, 4) is 11.5 Å². The largest absolute Gasteiger partial charge is 0.497 e. The summed E-state index contributed by atoms with van der Waals surface area (Å²) < 4.78 is 10.6. The van der Waals surface area contributed by atoms with Crippen LogP contribution in [0.4, 0.5) is 0 Å². The van der Waals surface area contributed by atoms with E-state index in [1.165, 1.54) is 0 Å². The summed E-state index contributed by atoms with van der Waals surface area (Å²) in [7, 11) is 1.61. The van der Waals surface area contributed by atoms with Gasteiger partial charge in [0.15, 0.2) is 0 Å². The minimum absolute atomic E-state index is 0.234. The van der Waals surface area contributed by atoms with Crippen molar-refractivity contribution < 1.29 is 19.1 Å². The zero-order chi connectivity index (χ0) is 13.7. The molecule has 0 saturated carbocycles. The van der Waals surface area contributed by atoms with Crippen LogP contribution in [-0.2, 0) is 9.59 Å². The SMILES string of the molecule is COc1ccc(OCCN2CC(=O)NC(=O)C2)cc1. The smallest absolute Gasteiger partial charge is 0.240 e. The lowest BCUT2D eigenvalue weighted by Gasteiger charge is -2.24. The van der Waals surface area contributed by atoms with Gasteiger partial charge in [-0.3, -0.25) is 19.8 Å². The van der Waals surface area contributed by atoms with Crippen molar-refractivity contribution in [1.82, 2.24) is 10.2 Å². The van der Waals surface area contributed by atoms with Gasteiger partial charge < -0.3 is 9.47 Å². The van der Waals surface area contributed by atoms with Gasteiger partial charge in [0.2, 0.25) is 11.8 Å². The van der Waals surface area contributed by atoms with Crippen LogP contribution in [0, 0.1) is 0 Å². The molecule has 0 aliphatic carbocycles. The minimum Gasteiger partial charge on any atom is -0.497 e. The lowest BCUT2D eigenvalue weighted by Crippen LogP contribution is -2.52. The molecule has 1 N–H and O–H groups in total. The van der Waals surface area contributed by atoms with Crippen molar-refractivity contribution in [2.24, 2.45) is 0 Å². The number of nitrogens with zero attached hydrogens (tertiary/aromatic N) is 1. The monoisotopic (exact) mass is 264 g/mol. The van der Waals surface area contributed by atoms with E-state index >= 15 is 0 Å². The van der Waals surface area contributed by atoms with Crippen LogP contribution in [0.5, 0.6) is 11.5 Å². The van der Waals surface area contributed by atoms with E-state index in [9.17, 15) is 9.59 Å². The first-order chi connectivity index (χ1) is 9.17. The Labute approximate surface area is 111 Å². The molecule has 102 valence electrons. The Morgan fingerprint density at radius 3 is 2.26 bits per heavy atom. The number of rotatable bonds is 5. The second kappa shape index (κ2) is 6.19. The summed E-state index contributed by atoms with van der Waals surface area (Å²) in [5.74, 6) is 0.973. The van der Waals surface area contributed by atoms with Gasteiger partial charge >= 0.3 is 0 Å². The fourth-order valence-corrected chi connectivity index (χ4v) is 1.82. The van der Waals surface area contributed by atoms with E-state index in [-0.39, 0.29) is 24.9 Å². The number of amides is 2. The molecule has 0 aromatic heterocycles. The van der Waals surface area contributed by atoms with Crippen LogP contribution >= 0.6 is 0 Å². The molecule has 1 aromatic carbocycles. The lowest BCUT2D eigenvalue weighted by molar-refractivity contribution is -0.136. The molecule has 1 aliphatic heterocycles. The predicted molar refractivity (Wildman–Crippen MR) is 68.1 cm³/mol. The first-order valence-electron chi connectivity index (χ1n) is 5.99. The molecule has 0 bridgehead atoms. The standard InChI is InChI=1S/C13H16N2O4/c1-18-10-2-4-11(5-3-10)19-7-6-15-8-12(16)14-13(17)9-15/h2-5H,6-9H2,1H3,(H,14,16,17). The summed E-state index contributed by atoms with van der Waals surface area (Å²) >= 11 is 0. The topological polar surface area (TPSA) is 67.9 Å². The van der Waals surface area contributed by atoms with Crippen molar-refractivity contribution in [3.05, 3.63) is 24.3 Å². The van der Waals surface area contributed by atoms with Gasteiger partial charge in [0.1, 0.15) is 18.1 Å². The maximum Gasteiger partial charge on any atom is 0.240 e. The highest BCUT2D eigenvalue weighted by Gasteiger charge is 2.21. The van der Waals surface area contributed by atoms with E-state index in [1.807, 2.05) is 24.3 Å². The van der Waals surface area contributed by atoms with Crippen LogP contribution in [-0.4, -0.2) is 50.1 Å². The average Bonchev–Trinajstić information content (AvgIpc) is 2.38. The summed E-state index contributed by atoms with van der Waals surface area (Å²) in [6, 6.07) is 7.25. The van der Waals surface area contributed by atoms with E-state index < -0.39 is 0 Å². The summed E-state index contributed by atoms with van der Waals surface area (Å²) in [6.07, 6.45) is 0. The first-order valence-corrected chi connectivity index (χ1v) is 5.99. The van der Waals surface area contributed by atoms with Crippen molar-refractivity contribution in [3.63, 3.8) is 0 Å². The van der Waals surface area contributed by atoms with Gasteiger partial charge in [-0.1, -0.05) is 0 Å². The van der Waals surface area contributed by atoms with Crippen LogP contribution in [0.1, 0.15) is 0 Å². The van der Waals surface area contributed by atoms with E-state index in [0.717, 1.165) is 11.5 Å². The molecular formula is C13H16N2O4. The third-order valence-electron chi connectivity index (χ3n) is 2.75. The highest BCUT2D eigenvalue weighted by Crippen LogP contribution is 2.16. The summed E-state index contributed by atoms with van der Waals surface area (Å²) in [5, 5.41) is 2.26. The Morgan fingerprint density at radius 1 is 1.11 bits per heavy atom. The molecule has 1 aromatic rings. The molecule has 0 unspecified atom stereocenters. The van der Waals surface area contributed by atoms with Crippen molar-refractivity contribution >= 4 is 11.8 Å². The van der Waals surface area contributed by atoms with Crippen LogP contribution in [0.15, 0.2) is 24.3 Å². The molecule has 1 aliphatic rings. The van der Waals surface area contributed by atoms with Gasteiger partial charge in [0, 0.05) is 6.54 Å². The number of hydrogen-bond donors (Lipinski definition) is 1. The minimum atomic E-state index is -0.263. The molecule has 2 amide bonds. The lowest BCUT2D eigenvalue weighted by atomic mass is 10.3. The number of carbonyl (C=O) groups is 2. The molecule has 2 rings (SSSR count). The Balaban J connectivity index is 1.76. The zero-order valence-corrected chi connectivity index (χ0v) is 10.7. The molecule has 1 fully saturated rings. The summed E-state index contributed by atoms with van der Waals surface area (Å²) in [5.41, 5.74) is 0. The highest BCUT2D eigenvalue weighted by molar-refractivity contribution is 5.99. The van der Waals surface area contributed by atoms with Gasteiger partial charge in [0.05, 0.1) is 20.2 Å². The number of methoxy groups -OCH3 is 1. The van der Waals surface area contributed by atoms with Gasteiger partial charge in [-0.25, -0.2) is 0 Å². The van der Waals surface area contributed by atoms with Gasteiger partial charge in [0.25, 0.3) is 0 Å². The van der Waals surface area contributed by atoms with Crippen LogP contribution < -0.4 is 14.8 Å². The van der Waals surface area contributed by atoms with E-state index in [0.29, 0.717) is 13.2 Å². The zero-order valence-electron chi connectivity index (χ0n) is 10.7. The second-order valence-corrected chi connectivity index (χ2v) is 4.21. The van der Waals surface area contributed by atoms with Crippen molar-refractivity contribution in [2.75, 3.05) is 33.4 Å². The molecule has 6 heteroatoms. The van der Waals surface area contributed by atoms with Gasteiger partial charge in [-0.15, -0.1) is 0 Å². The van der Waals surface area contributed by atoms with E-state index in [2.05, 4.69) is 5.32 Å². The number of carbonyl (C=O) groups excluding carboxylic acids is 2. The fraction of sp³-hybridized carbons (Fsp3) is 0.385. The molecule has 19 heavy (non-hydrogen) atoms. The molecule has 1 heterocycles. The fourth-order valence-electron chi connectivity index (χ4n) is 1.82. The maximum absolute atomic E-state index is 11.2. The number of ether oxygens (including phenoxy) is 2. The molecule has 1 saturated heterocycles. The Morgan fingerprint density at radius 2 is 1.68 bits per heavy atom. The molecule has 0 radical (unpaired) electrons. The maximum atomic E-state index is 11.2. The predicted octanol–water partition coefficient (Wildman–Crippen LogP) is 0.0324. The first kappa shape index (κ1) is 13.4. The van der Waals surface area contributed by atoms with Crippen molar-refractivity contribution in [1.29, 1.82) is 0 Å². The highest BCUT2D eigenvalue weighted by atomic mass is 16.5. The summed E-state index contributed by atoms with van der Waals surface area (Å²) in [4.78, 5) is 24.1. The van der Waals surface area contributed by atoms with Gasteiger partial charge in [-0.05, 0) is 24.3 Å². The average molecular weight is 264 g/mol. The molecule has 6 nitrogen and oxygen atoms in total. The third kappa shape index (κ3) is 3.96. The quantitative estimate of drug-likeness (QED) is 0.760. The Kier molecular flexibility index (Phi) is 4.35.